The maximum atomic E-state index is 16.6. The van der Waals surface area contributed by atoms with Gasteiger partial charge in [0.15, 0.2) is 11.5 Å². The number of nitrogens with two attached hydrogens (primary N) is 1. The van der Waals surface area contributed by atoms with Gasteiger partial charge >= 0.3 is 12.2 Å². The van der Waals surface area contributed by atoms with E-state index in [1.54, 1.807) is 35.8 Å². The molecule has 2 aromatic carbocycles. The second kappa shape index (κ2) is 10.3. The molecule has 10 nitrogen and oxygen atoms in total. The van der Waals surface area contributed by atoms with Crippen molar-refractivity contribution in [2.75, 3.05) is 38.4 Å². The second-order valence-corrected chi connectivity index (χ2v) is 11.2. The van der Waals surface area contributed by atoms with E-state index in [0.29, 0.717) is 17.0 Å². The Morgan fingerprint density at radius 3 is 2.59 bits per heavy atom. The van der Waals surface area contributed by atoms with E-state index in [1.165, 1.54) is 12.0 Å². The van der Waals surface area contributed by atoms with E-state index in [-0.39, 0.29) is 74.7 Å². The number of hydrogen-bond donors (Lipinski definition) is 1. The molecule has 1 amide bonds. The molecule has 0 aliphatic carbocycles. The molecule has 0 unspecified atom stereocenters. The lowest BCUT2D eigenvalue weighted by Gasteiger charge is -2.30. The van der Waals surface area contributed by atoms with Crippen LogP contribution in [0.5, 0.6) is 6.01 Å². The molecular formula is C28H21F5N8O2S. The van der Waals surface area contributed by atoms with Crippen LogP contribution in [0, 0.1) is 23.0 Å². The molecule has 3 aromatic heterocycles. The molecule has 1 aliphatic heterocycles. The number of carbonyl (C=O) groups is 1. The third-order valence-electron chi connectivity index (χ3n) is 7.30. The van der Waals surface area contributed by atoms with Gasteiger partial charge in [-0.15, -0.1) is 11.3 Å². The van der Waals surface area contributed by atoms with E-state index in [1.807, 2.05) is 0 Å². The number of alkyl halides is 3. The third kappa shape index (κ3) is 4.51. The number of nitrogen functional groups attached to an aromatic ring is 1. The molecule has 0 fully saturated rings. The van der Waals surface area contributed by atoms with Crippen LogP contribution in [-0.4, -0.2) is 58.3 Å². The van der Waals surface area contributed by atoms with Crippen LogP contribution in [0.3, 0.4) is 0 Å². The van der Waals surface area contributed by atoms with Gasteiger partial charge in [0.25, 0.3) is 5.91 Å². The van der Waals surface area contributed by atoms with Crippen LogP contribution >= 0.6 is 11.3 Å². The summed E-state index contributed by atoms with van der Waals surface area (Å²) in [5.74, 6) is -2.53. The number of nitrogens with zero attached hydrogens (tertiary/aromatic N) is 7. The van der Waals surface area contributed by atoms with Crippen molar-refractivity contribution in [1.29, 1.82) is 5.26 Å². The molecule has 16 heteroatoms. The summed E-state index contributed by atoms with van der Waals surface area (Å²) in [6.07, 6.45) is -5.08. The number of thiophene rings is 1. The van der Waals surface area contributed by atoms with Gasteiger partial charge in [-0.05, 0) is 23.8 Å². The smallest absolute Gasteiger partial charge is 0.417 e. The van der Waals surface area contributed by atoms with Crippen LogP contribution < -0.4 is 15.4 Å². The number of carbonyl (C=O) groups excluding carboxylic acids is 1. The first kappa shape index (κ1) is 29.1. The zero-order chi connectivity index (χ0) is 31.7. The molecule has 6 rings (SSSR count). The lowest BCUT2D eigenvalue weighted by Crippen LogP contribution is -2.34. The fourth-order valence-electron chi connectivity index (χ4n) is 5.30. The van der Waals surface area contributed by atoms with Gasteiger partial charge in [0.2, 0.25) is 0 Å². The number of methoxy groups -OCH3 is 1. The Kier molecular flexibility index (Phi) is 6.80. The lowest BCUT2D eigenvalue weighted by atomic mass is 9.92. The van der Waals surface area contributed by atoms with Crippen molar-refractivity contribution in [1.82, 2.24) is 24.6 Å². The Labute approximate surface area is 249 Å². The molecule has 2 N–H and O–H groups in total. The van der Waals surface area contributed by atoms with Crippen LogP contribution in [0.1, 0.15) is 27.3 Å². The quantitative estimate of drug-likeness (QED) is 0.270. The highest BCUT2D eigenvalue weighted by molar-refractivity contribution is 7.23. The summed E-state index contributed by atoms with van der Waals surface area (Å²) in [6, 6.07) is 5.70. The number of nitriles is 1. The molecule has 0 atom stereocenters. The summed E-state index contributed by atoms with van der Waals surface area (Å²) in [5.41, 5.74) is 3.28. The second-order valence-electron chi connectivity index (χ2n) is 10.2. The maximum absolute atomic E-state index is 16.6. The summed E-state index contributed by atoms with van der Waals surface area (Å²) in [6.45, 7) is 0.565. The van der Waals surface area contributed by atoms with Gasteiger partial charge in [0.05, 0.1) is 41.7 Å². The molecule has 4 heterocycles. The van der Waals surface area contributed by atoms with E-state index in [4.69, 9.17) is 10.5 Å². The molecule has 0 spiro atoms. The number of aromatic nitrogens is 4. The summed E-state index contributed by atoms with van der Waals surface area (Å²) in [5, 5.41) is 13.4. The molecule has 0 saturated carbocycles. The van der Waals surface area contributed by atoms with E-state index >= 15 is 4.39 Å². The number of anilines is 2. The predicted molar refractivity (Wildman–Crippen MR) is 152 cm³/mol. The highest BCUT2D eigenvalue weighted by atomic mass is 32.1. The zero-order valence-electron chi connectivity index (χ0n) is 23.3. The van der Waals surface area contributed by atoms with Gasteiger partial charge in [-0.3, -0.25) is 9.48 Å². The average molecular weight is 629 g/mol. The van der Waals surface area contributed by atoms with Crippen molar-refractivity contribution >= 4 is 49.1 Å². The number of halogens is 5. The number of fused-ring (bicyclic) bond motifs is 3. The van der Waals surface area contributed by atoms with Crippen molar-refractivity contribution in [2.45, 2.75) is 19.3 Å². The van der Waals surface area contributed by atoms with Crippen LogP contribution in [0.25, 0.3) is 32.1 Å². The molecule has 0 saturated heterocycles. The number of ether oxygens (including phenoxy) is 1. The molecule has 44 heavy (non-hydrogen) atoms. The molecule has 0 bridgehead atoms. The normalized spacial score (nSPS) is 13.3. The van der Waals surface area contributed by atoms with Crippen molar-refractivity contribution in [3.05, 3.63) is 58.4 Å². The Bertz CT molecular complexity index is 2050. The van der Waals surface area contributed by atoms with Crippen molar-refractivity contribution in [3.8, 4) is 23.2 Å². The number of benzene rings is 2. The molecule has 5 aromatic rings. The average Bonchev–Trinajstić information content (AvgIpc) is 3.56. The first-order valence-corrected chi connectivity index (χ1v) is 13.7. The maximum Gasteiger partial charge on any atom is 0.417 e. The van der Waals surface area contributed by atoms with E-state index in [9.17, 15) is 27.6 Å². The first-order chi connectivity index (χ1) is 20.8. The van der Waals surface area contributed by atoms with E-state index < -0.39 is 34.5 Å². The van der Waals surface area contributed by atoms with Gasteiger partial charge < -0.3 is 20.3 Å². The summed E-state index contributed by atoms with van der Waals surface area (Å²) in [4.78, 5) is 23.8. The van der Waals surface area contributed by atoms with Crippen LogP contribution in [0.2, 0.25) is 0 Å². The Balaban J connectivity index is 1.60. The van der Waals surface area contributed by atoms with Gasteiger partial charge in [-0.2, -0.15) is 33.5 Å². The largest absolute Gasteiger partial charge is 0.467 e. The standard InChI is InChI=1S/C28H21F5N8O2S/c1-39(2)26(42)18-8-12-11-40(6-7-41(12)38-18)25-14-9-16(28(31,32)33)20(21(30)22(14)36-27(37-25)43-3)13-4-5-17(29)23-19(13)15(10-34)24(35)44-23/h4-5,8-9H,6-7,11,35H2,1-3H3. The highest BCUT2D eigenvalue weighted by Crippen LogP contribution is 2.48. The van der Waals surface area contributed by atoms with E-state index in [0.717, 1.165) is 18.2 Å². The fourth-order valence-corrected chi connectivity index (χ4v) is 6.25. The van der Waals surface area contributed by atoms with Crippen LogP contribution in [0.15, 0.2) is 24.3 Å². The highest BCUT2D eigenvalue weighted by Gasteiger charge is 2.39. The number of hydrogen-bond acceptors (Lipinski definition) is 9. The number of rotatable bonds is 4. The minimum atomic E-state index is -5.08. The van der Waals surface area contributed by atoms with E-state index in [2.05, 4.69) is 15.1 Å². The molecular weight excluding hydrogens is 607 g/mol. The minimum absolute atomic E-state index is 0.0301. The van der Waals surface area contributed by atoms with Gasteiger partial charge in [0.1, 0.15) is 28.2 Å². The Hall–Kier alpha value is -5.04. The van der Waals surface area contributed by atoms with Gasteiger partial charge in [-0.1, -0.05) is 6.07 Å². The first-order valence-electron chi connectivity index (χ1n) is 12.9. The Morgan fingerprint density at radius 2 is 1.93 bits per heavy atom. The van der Waals surface area contributed by atoms with Crippen molar-refractivity contribution < 1.29 is 31.5 Å². The lowest BCUT2D eigenvalue weighted by molar-refractivity contribution is -0.137. The predicted octanol–water partition coefficient (Wildman–Crippen LogP) is 5.19. The summed E-state index contributed by atoms with van der Waals surface area (Å²) < 4.78 is 82.0. The zero-order valence-corrected chi connectivity index (χ0v) is 24.1. The van der Waals surface area contributed by atoms with Crippen LogP contribution in [-0.2, 0) is 19.3 Å². The molecule has 0 radical (unpaired) electrons. The van der Waals surface area contributed by atoms with Crippen molar-refractivity contribution in [2.24, 2.45) is 0 Å². The summed E-state index contributed by atoms with van der Waals surface area (Å²) in [7, 11) is 4.40. The SMILES string of the molecule is COc1nc(N2CCn3nc(C(=O)N(C)C)cc3C2)c2cc(C(F)(F)F)c(-c3ccc(F)c4sc(N)c(C#N)c34)c(F)c2n1. The van der Waals surface area contributed by atoms with Crippen molar-refractivity contribution in [3.63, 3.8) is 0 Å². The molecule has 226 valence electrons. The summed E-state index contributed by atoms with van der Waals surface area (Å²) >= 11 is 0.682. The molecule has 1 aliphatic rings. The van der Waals surface area contributed by atoms with Gasteiger partial charge in [0, 0.05) is 37.0 Å². The minimum Gasteiger partial charge on any atom is -0.467 e. The topological polar surface area (TPSA) is 126 Å². The number of amides is 1. The Morgan fingerprint density at radius 1 is 1.18 bits per heavy atom. The van der Waals surface area contributed by atoms with Crippen LogP contribution in [0.4, 0.5) is 32.8 Å². The third-order valence-corrected chi connectivity index (χ3v) is 8.33. The monoisotopic (exact) mass is 628 g/mol. The van der Waals surface area contributed by atoms with Gasteiger partial charge in [-0.25, -0.2) is 8.78 Å². The fraction of sp³-hybridized carbons (Fsp3) is 0.250.